The second-order valence-corrected chi connectivity index (χ2v) is 9.17. The Kier molecular flexibility index (Phi) is 8.15. The van der Waals surface area contributed by atoms with Crippen LogP contribution in [0.2, 0.25) is 5.02 Å². The third kappa shape index (κ3) is 6.38. The van der Waals surface area contributed by atoms with Gasteiger partial charge in [0.2, 0.25) is 0 Å². The summed E-state index contributed by atoms with van der Waals surface area (Å²) < 4.78 is 16.8. The molecule has 0 saturated carbocycles. The number of hydrogen-bond donors (Lipinski definition) is 1. The van der Waals surface area contributed by atoms with Crippen LogP contribution in [0.25, 0.3) is 11.3 Å². The van der Waals surface area contributed by atoms with Crippen LogP contribution in [0, 0.1) is 0 Å². The number of amides is 1. The zero-order valence-corrected chi connectivity index (χ0v) is 21.1. The maximum absolute atomic E-state index is 12.9. The fourth-order valence-corrected chi connectivity index (χ4v) is 4.50. The van der Waals surface area contributed by atoms with E-state index in [9.17, 15) is 4.79 Å². The fraction of sp³-hybridized carbons (Fsp3) is 0.241. The van der Waals surface area contributed by atoms with E-state index in [1.165, 1.54) is 0 Å². The van der Waals surface area contributed by atoms with Gasteiger partial charge in [0.15, 0.2) is 11.5 Å². The number of carbonyl (C=O) groups is 1. The fourth-order valence-electron chi connectivity index (χ4n) is 4.31. The first kappa shape index (κ1) is 25.0. The molecule has 1 aliphatic heterocycles. The minimum atomic E-state index is -0.274. The van der Waals surface area contributed by atoms with Crippen LogP contribution in [0.4, 0.5) is 0 Å². The van der Waals surface area contributed by atoms with Gasteiger partial charge >= 0.3 is 0 Å². The molecule has 7 nitrogen and oxygen atoms in total. The van der Waals surface area contributed by atoms with E-state index in [2.05, 4.69) is 27.5 Å². The number of morpholine rings is 1. The predicted molar refractivity (Wildman–Crippen MR) is 142 cm³/mol. The minimum absolute atomic E-state index is 0.0544. The highest BCUT2D eigenvalue weighted by Crippen LogP contribution is 2.25. The van der Waals surface area contributed by atoms with Crippen molar-refractivity contribution in [2.24, 2.45) is 0 Å². The van der Waals surface area contributed by atoms with Gasteiger partial charge in [0.25, 0.3) is 5.91 Å². The second kappa shape index (κ2) is 12.1. The van der Waals surface area contributed by atoms with Crippen molar-refractivity contribution in [1.82, 2.24) is 15.4 Å². The van der Waals surface area contributed by atoms with E-state index < -0.39 is 0 Å². The molecular weight excluding hydrogens is 490 g/mol. The summed E-state index contributed by atoms with van der Waals surface area (Å²) in [4.78, 5) is 15.2. The van der Waals surface area contributed by atoms with Gasteiger partial charge in [-0.1, -0.05) is 65.3 Å². The molecule has 1 saturated heterocycles. The Morgan fingerprint density at radius 2 is 1.73 bits per heavy atom. The molecule has 4 aromatic rings. The number of halogens is 1. The lowest BCUT2D eigenvalue weighted by Crippen LogP contribution is -2.43. The molecule has 8 heteroatoms. The highest BCUT2D eigenvalue weighted by molar-refractivity contribution is 6.31. The van der Waals surface area contributed by atoms with Crippen LogP contribution in [0.15, 0.2) is 89.5 Å². The van der Waals surface area contributed by atoms with Crippen molar-refractivity contribution >= 4 is 17.5 Å². The molecule has 1 unspecified atom stereocenters. The van der Waals surface area contributed by atoms with Gasteiger partial charge in [0, 0.05) is 41.9 Å². The molecule has 5 rings (SSSR count). The molecule has 0 spiro atoms. The Morgan fingerprint density at radius 1 is 1.00 bits per heavy atom. The van der Waals surface area contributed by atoms with E-state index in [0.717, 1.165) is 29.8 Å². The van der Waals surface area contributed by atoms with E-state index in [1.54, 1.807) is 6.07 Å². The van der Waals surface area contributed by atoms with Crippen molar-refractivity contribution in [1.29, 1.82) is 0 Å². The Morgan fingerprint density at radius 3 is 2.49 bits per heavy atom. The summed E-state index contributed by atoms with van der Waals surface area (Å²) in [7, 11) is 0. The summed E-state index contributed by atoms with van der Waals surface area (Å²) in [6, 6.07) is 26.9. The summed E-state index contributed by atoms with van der Waals surface area (Å²) >= 11 is 6.19. The van der Waals surface area contributed by atoms with Gasteiger partial charge in [-0.25, -0.2) is 0 Å². The third-order valence-corrected chi connectivity index (χ3v) is 6.73. The van der Waals surface area contributed by atoms with Crippen LogP contribution in [0.5, 0.6) is 5.75 Å². The van der Waals surface area contributed by atoms with Crippen molar-refractivity contribution in [3.8, 4) is 17.1 Å². The highest BCUT2D eigenvalue weighted by Gasteiger charge is 2.24. The van der Waals surface area contributed by atoms with Gasteiger partial charge in [-0.15, -0.1) is 0 Å². The predicted octanol–water partition coefficient (Wildman–Crippen LogP) is 5.38. The Labute approximate surface area is 220 Å². The molecule has 1 aliphatic rings. The second-order valence-electron chi connectivity index (χ2n) is 8.77. The first-order chi connectivity index (χ1) is 18.2. The molecule has 190 valence electrons. The van der Waals surface area contributed by atoms with Crippen LogP contribution in [-0.4, -0.2) is 48.8 Å². The van der Waals surface area contributed by atoms with E-state index in [0.29, 0.717) is 42.9 Å². The van der Waals surface area contributed by atoms with Crippen molar-refractivity contribution < 1.29 is 18.8 Å². The Balaban J connectivity index is 1.20. The lowest BCUT2D eigenvalue weighted by atomic mass is 10.0. The quantitative estimate of drug-likeness (QED) is 0.321. The lowest BCUT2D eigenvalue weighted by molar-refractivity contribution is 0.0162. The van der Waals surface area contributed by atoms with Crippen molar-refractivity contribution in [3.63, 3.8) is 0 Å². The number of nitrogens with one attached hydrogen (secondary N) is 1. The molecule has 37 heavy (non-hydrogen) atoms. The lowest BCUT2D eigenvalue weighted by Gasteiger charge is -2.34. The molecule has 0 radical (unpaired) electrons. The highest BCUT2D eigenvalue weighted by atomic mass is 35.5. The molecule has 1 amide bonds. The first-order valence-corrected chi connectivity index (χ1v) is 12.6. The normalized spacial score (nSPS) is 14.7. The average molecular weight is 518 g/mol. The molecule has 1 aromatic heterocycles. The van der Waals surface area contributed by atoms with E-state index >= 15 is 0 Å². The summed E-state index contributed by atoms with van der Waals surface area (Å²) in [5.41, 5.74) is 3.11. The van der Waals surface area contributed by atoms with Gasteiger partial charge in [0.1, 0.15) is 12.4 Å². The van der Waals surface area contributed by atoms with Gasteiger partial charge in [-0.05, 0) is 35.9 Å². The van der Waals surface area contributed by atoms with Gasteiger partial charge < -0.3 is 19.3 Å². The molecular formula is C29H28ClN3O4. The largest absolute Gasteiger partial charge is 0.489 e. The minimum Gasteiger partial charge on any atom is -0.489 e. The van der Waals surface area contributed by atoms with Crippen LogP contribution in [0.3, 0.4) is 0 Å². The Bertz CT molecular complexity index is 1300. The standard InChI is InChI=1S/C29H28ClN3O4/c30-25-9-5-4-8-23(25)20-36-24-12-10-22(11-13-24)28-18-26(32-37-28)29(34)31-19-27(21-6-2-1-3-7-21)33-14-16-35-17-15-33/h1-13,18,27H,14-17,19-20H2,(H,31,34). The Hall–Kier alpha value is -3.65. The van der Waals surface area contributed by atoms with E-state index in [-0.39, 0.29) is 17.6 Å². The maximum atomic E-state index is 12.9. The number of carbonyl (C=O) groups excluding carboxylic acids is 1. The molecule has 2 heterocycles. The van der Waals surface area contributed by atoms with Gasteiger partial charge in [-0.3, -0.25) is 9.69 Å². The van der Waals surface area contributed by atoms with Crippen LogP contribution in [-0.2, 0) is 11.3 Å². The smallest absolute Gasteiger partial charge is 0.273 e. The zero-order valence-electron chi connectivity index (χ0n) is 20.3. The first-order valence-electron chi connectivity index (χ1n) is 12.3. The van der Waals surface area contributed by atoms with Crippen LogP contribution < -0.4 is 10.1 Å². The molecule has 0 bridgehead atoms. The SMILES string of the molecule is O=C(NCC(c1ccccc1)N1CCOCC1)c1cc(-c2ccc(OCc3ccccc3Cl)cc2)on1. The number of benzene rings is 3. The summed E-state index contributed by atoms with van der Waals surface area (Å²) in [5.74, 6) is 0.940. The van der Waals surface area contributed by atoms with Crippen molar-refractivity contribution in [3.05, 3.63) is 107 Å². The topological polar surface area (TPSA) is 76.8 Å². The summed E-state index contributed by atoms with van der Waals surface area (Å²) in [5, 5.41) is 7.70. The number of ether oxygens (including phenoxy) is 2. The molecule has 0 aliphatic carbocycles. The average Bonchev–Trinajstić information content (AvgIpc) is 3.45. The van der Waals surface area contributed by atoms with E-state index in [1.807, 2.05) is 66.7 Å². The van der Waals surface area contributed by atoms with Crippen molar-refractivity contribution in [2.45, 2.75) is 12.6 Å². The summed E-state index contributed by atoms with van der Waals surface area (Å²) in [6.45, 7) is 3.85. The van der Waals surface area contributed by atoms with Crippen molar-refractivity contribution in [2.75, 3.05) is 32.8 Å². The number of nitrogens with zero attached hydrogens (tertiary/aromatic N) is 2. The van der Waals surface area contributed by atoms with Crippen LogP contribution in [0.1, 0.15) is 27.7 Å². The van der Waals surface area contributed by atoms with Gasteiger partial charge in [-0.2, -0.15) is 0 Å². The third-order valence-electron chi connectivity index (χ3n) is 6.36. The summed E-state index contributed by atoms with van der Waals surface area (Å²) in [6.07, 6.45) is 0. The zero-order chi connectivity index (χ0) is 25.5. The molecule has 1 fully saturated rings. The van der Waals surface area contributed by atoms with E-state index in [4.69, 9.17) is 25.6 Å². The number of hydrogen-bond acceptors (Lipinski definition) is 6. The van der Waals surface area contributed by atoms with Gasteiger partial charge in [0.05, 0.1) is 19.3 Å². The molecule has 1 N–H and O–H groups in total. The molecule has 1 atom stereocenters. The maximum Gasteiger partial charge on any atom is 0.273 e. The molecule has 3 aromatic carbocycles. The van der Waals surface area contributed by atoms with Crippen LogP contribution >= 0.6 is 11.6 Å². The number of rotatable bonds is 9. The monoisotopic (exact) mass is 517 g/mol. The number of aromatic nitrogens is 1.